The van der Waals surface area contributed by atoms with E-state index in [1.165, 1.54) is 12.1 Å². The first kappa shape index (κ1) is 17.9. The Kier molecular flexibility index (Phi) is 5.49. The molecule has 5 N–H and O–H groups in total. The third kappa shape index (κ3) is 4.19. The smallest absolute Gasteiger partial charge is 0.277 e. The van der Waals surface area contributed by atoms with E-state index in [0.717, 1.165) is 5.76 Å². The van der Waals surface area contributed by atoms with Crippen LogP contribution in [0, 0.1) is 5.82 Å². The fourth-order valence-electron chi connectivity index (χ4n) is 2.26. The number of anilines is 1. The van der Waals surface area contributed by atoms with Crippen LogP contribution in [-0.2, 0) is 6.54 Å². The van der Waals surface area contributed by atoms with Gasteiger partial charge < -0.3 is 20.8 Å². The highest BCUT2D eigenvalue weighted by Gasteiger charge is 2.15. The summed E-state index contributed by atoms with van der Waals surface area (Å²) in [6.45, 7) is 1.61. The van der Waals surface area contributed by atoms with E-state index in [9.17, 15) is 9.18 Å². The number of halogens is 2. The third-order valence-corrected chi connectivity index (χ3v) is 3.86. The van der Waals surface area contributed by atoms with Crippen molar-refractivity contribution in [3.8, 4) is 11.3 Å². The standard InChI is InChI=1S/C16H15ClFN5O3/c17-11-7-9(1-3-12(11)18)13-4-2-10(25-13)8-20-5-6-21-16(24)14-15(19)23-26-22-14/h1-4,7,20H,5-6,8H2,(H2,19,23)(H,21,24)/p+1. The molecule has 26 heavy (non-hydrogen) atoms. The lowest BCUT2D eigenvalue weighted by Crippen LogP contribution is -2.84. The van der Waals surface area contributed by atoms with E-state index in [1.54, 1.807) is 12.1 Å². The third-order valence-electron chi connectivity index (χ3n) is 3.57. The van der Waals surface area contributed by atoms with Gasteiger partial charge in [-0.2, -0.15) is 0 Å². The van der Waals surface area contributed by atoms with Gasteiger partial charge >= 0.3 is 0 Å². The highest BCUT2D eigenvalue weighted by atomic mass is 35.5. The Bertz CT molecular complexity index is 911. The largest absolute Gasteiger partial charge is 0.455 e. The van der Waals surface area contributed by atoms with E-state index in [0.29, 0.717) is 31.0 Å². The molecule has 1 amide bonds. The highest BCUT2D eigenvalue weighted by Crippen LogP contribution is 2.26. The van der Waals surface area contributed by atoms with E-state index < -0.39 is 11.7 Å². The molecule has 2 aromatic heterocycles. The molecule has 3 rings (SSSR count). The van der Waals surface area contributed by atoms with Crippen LogP contribution in [0.4, 0.5) is 10.2 Å². The van der Waals surface area contributed by atoms with Crippen LogP contribution >= 0.6 is 11.6 Å². The first-order valence-electron chi connectivity index (χ1n) is 7.76. The van der Waals surface area contributed by atoms with Gasteiger partial charge in [-0.05, 0) is 40.6 Å². The van der Waals surface area contributed by atoms with E-state index in [1.807, 2.05) is 11.4 Å². The highest BCUT2D eigenvalue weighted by molar-refractivity contribution is 6.31. The number of hydrogen-bond acceptors (Lipinski definition) is 6. The predicted molar refractivity (Wildman–Crippen MR) is 90.7 cm³/mol. The summed E-state index contributed by atoms with van der Waals surface area (Å²) in [6.07, 6.45) is 0. The Morgan fingerprint density at radius 3 is 2.88 bits per heavy atom. The zero-order valence-corrected chi connectivity index (χ0v) is 14.3. The van der Waals surface area contributed by atoms with Crippen molar-refractivity contribution < 1.29 is 23.5 Å². The van der Waals surface area contributed by atoms with Gasteiger partial charge in [-0.3, -0.25) is 4.79 Å². The zero-order valence-electron chi connectivity index (χ0n) is 13.5. The van der Waals surface area contributed by atoms with E-state index in [2.05, 4.69) is 20.3 Å². The molecule has 10 heteroatoms. The number of benzene rings is 1. The molecule has 0 atom stereocenters. The molecule has 0 saturated carbocycles. The lowest BCUT2D eigenvalue weighted by Gasteiger charge is -2.02. The van der Waals surface area contributed by atoms with Crippen molar-refractivity contribution in [2.75, 3.05) is 18.8 Å². The summed E-state index contributed by atoms with van der Waals surface area (Å²) < 4.78 is 23.3. The first-order valence-corrected chi connectivity index (χ1v) is 8.14. The van der Waals surface area contributed by atoms with E-state index >= 15 is 0 Å². The van der Waals surface area contributed by atoms with Gasteiger partial charge in [-0.15, -0.1) is 0 Å². The maximum Gasteiger partial charge on any atom is 0.277 e. The molecule has 0 spiro atoms. The number of aromatic nitrogens is 2. The van der Waals surface area contributed by atoms with Crippen LogP contribution in [0.3, 0.4) is 0 Å². The first-order chi connectivity index (χ1) is 12.5. The minimum Gasteiger partial charge on any atom is -0.455 e. The minimum atomic E-state index is -0.472. The van der Waals surface area contributed by atoms with E-state index in [4.69, 9.17) is 21.8 Å². The van der Waals surface area contributed by atoms with Crippen LogP contribution in [0.5, 0.6) is 0 Å². The number of amides is 1. The molecule has 0 aliphatic heterocycles. The van der Waals surface area contributed by atoms with Crippen molar-refractivity contribution in [2.24, 2.45) is 0 Å². The number of carbonyl (C=O) groups is 1. The van der Waals surface area contributed by atoms with Crippen LogP contribution in [0.2, 0.25) is 5.02 Å². The molecule has 2 heterocycles. The number of hydrogen-bond donors (Lipinski definition) is 3. The van der Waals surface area contributed by atoms with Crippen LogP contribution in [0.15, 0.2) is 39.4 Å². The Morgan fingerprint density at radius 2 is 2.15 bits per heavy atom. The molecule has 136 valence electrons. The number of carbonyl (C=O) groups excluding carboxylic acids is 1. The normalized spacial score (nSPS) is 10.8. The topological polar surface area (TPSA) is 124 Å². The molecule has 0 unspecified atom stereocenters. The van der Waals surface area contributed by atoms with Crippen molar-refractivity contribution in [2.45, 2.75) is 6.54 Å². The second-order valence-electron chi connectivity index (χ2n) is 5.43. The Morgan fingerprint density at radius 1 is 1.31 bits per heavy atom. The summed E-state index contributed by atoms with van der Waals surface area (Å²) in [5.74, 6) is 0.399. The molecule has 0 radical (unpaired) electrons. The van der Waals surface area contributed by atoms with Gasteiger partial charge in [0.15, 0.2) is 5.76 Å². The fourth-order valence-corrected chi connectivity index (χ4v) is 2.44. The number of nitrogens with zero attached hydrogens (tertiary/aromatic N) is 2. The van der Waals surface area contributed by atoms with Crippen molar-refractivity contribution >= 4 is 23.3 Å². The van der Waals surface area contributed by atoms with Gasteiger partial charge in [0.2, 0.25) is 11.5 Å². The maximum absolute atomic E-state index is 13.2. The Labute approximate surface area is 152 Å². The monoisotopic (exact) mass is 380 g/mol. The molecule has 0 bridgehead atoms. The molecule has 0 saturated heterocycles. The molecule has 1 aromatic carbocycles. The molecule has 3 aromatic rings. The van der Waals surface area contributed by atoms with Crippen molar-refractivity contribution in [3.05, 3.63) is 52.6 Å². The molecular weight excluding hydrogens is 365 g/mol. The number of nitrogen functional groups attached to an aromatic ring is 1. The van der Waals surface area contributed by atoms with Crippen molar-refractivity contribution in [1.82, 2.24) is 15.6 Å². The number of rotatable bonds is 7. The SMILES string of the molecule is Nc1nonc1C(=O)NCC[NH2+]Cc1ccc(-c2ccc(F)c(Cl)c2)o1. The molecule has 8 nitrogen and oxygen atoms in total. The van der Waals surface area contributed by atoms with Crippen molar-refractivity contribution in [3.63, 3.8) is 0 Å². The minimum absolute atomic E-state index is 0.0290. The van der Waals surface area contributed by atoms with Gasteiger partial charge in [0.25, 0.3) is 5.91 Å². The Balaban J connectivity index is 1.44. The second kappa shape index (κ2) is 7.98. The van der Waals surface area contributed by atoms with Crippen LogP contribution in [0.1, 0.15) is 16.2 Å². The quantitative estimate of drug-likeness (QED) is 0.529. The molecular formula is C16H16ClFN5O3+. The number of nitrogens with two attached hydrogens (primary N) is 2. The van der Waals surface area contributed by atoms with Crippen LogP contribution in [-0.4, -0.2) is 29.3 Å². The van der Waals surface area contributed by atoms with Gasteiger partial charge in [0, 0.05) is 5.56 Å². The summed E-state index contributed by atoms with van der Waals surface area (Å²) >= 11 is 5.78. The summed E-state index contributed by atoms with van der Waals surface area (Å²) in [5.41, 5.74) is 6.11. The van der Waals surface area contributed by atoms with Crippen molar-refractivity contribution in [1.29, 1.82) is 0 Å². The summed E-state index contributed by atoms with van der Waals surface area (Å²) in [4.78, 5) is 11.7. The number of quaternary nitrogens is 1. The molecule has 0 aliphatic carbocycles. The van der Waals surface area contributed by atoms with Gasteiger partial charge in [-0.25, -0.2) is 9.02 Å². The van der Waals surface area contributed by atoms with E-state index in [-0.39, 0.29) is 16.5 Å². The zero-order chi connectivity index (χ0) is 18.5. The Hall–Kier alpha value is -2.91. The lowest BCUT2D eigenvalue weighted by molar-refractivity contribution is -0.670. The van der Waals surface area contributed by atoms with Gasteiger partial charge in [-0.1, -0.05) is 11.6 Å². The summed E-state index contributed by atoms with van der Waals surface area (Å²) in [6, 6.07) is 8.06. The van der Waals surface area contributed by atoms with Gasteiger partial charge in [0.1, 0.15) is 18.1 Å². The number of furan rings is 1. The predicted octanol–water partition coefficient (Wildman–Crippen LogP) is 1.20. The second-order valence-corrected chi connectivity index (χ2v) is 5.84. The lowest BCUT2D eigenvalue weighted by atomic mass is 10.2. The summed E-state index contributed by atoms with van der Waals surface area (Å²) in [5, 5.41) is 11.4. The maximum atomic E-state index is 13.2. The summed E-state index contributed by atoms with van der Waals surface area (Å²) in [7, 11) is 0. The molecule has 0 fully saturated rings. The van der Waals surface area contributed by atoms with Crippen LogP contribution in [0.25, 0.3) is 11.3 Å². The average molecular weight is 381 g/mol. The average Bonchev–Trinajstić information content (AvgIpc) is 3.26. The fraction of sp³-hybridized carbons (Fsp3) is 0.188. The van der Waals surface area contributed by atoms with Gasteiger partial charge in [0.05, 0.1) is 18.1 Å². The number of nitrogens with one attached hydrogen (secondary N) is 1. The molecule has 0 aliphatic rings. The van der Waals surface area contributed by atoms with Crippen LogP contribution < -0.4 is 16.4 Å².